The first-order valence-corrected chi connectivity index (χ1v) is 7.98. The van der Waals surface area contributed by atoms with Gasteiger partial charge in [0.25, 0.3) is 5.91 Å². The van der Waals surface area contributed by atoms with E-state index in [2.05, 4.69) is 11.5 Å². The van der Waals surface area contributed by atoms with E-state index in [1.54, 1.807) is 18.3 Å². The summed E-state index contributed by atoms with van der Waals surface area (Å²) in [6.07, 6.45) is 7.54. The molecule has 0 saturated carbocycles. The molecule has 2 aliphatic heterocycles. The van der Waals surface area contributed by atoms with Crippen LogP contribution in [0.3, 0.4) is 0 Å². The zero-order chi connectivity index (χ0) is 16.2. The summed E-state index contributed by atoms with van der Waals surface area (Å²) in [5.74, 6) is 1.33. The number of amides is 1. The summed E-state index contributed by atoms with van der Waals surface area (Å²) in [7, 11) is 3.58. The Balaban J connectivity index is 1.76. The van der Waals surface area contributed by atoms with E-state index in [0.29, 0.717) is 11.5 Å². The molecule has 1 N–H and O–H groups in total. The van der Waals surface area contributed by atoms with Crippen molar-refractivity contribution < 1.29 is 9.53 Å². The van der Waals surface area contributed by atoms with E-state index in [-0.39, 0.29) is 5.91 Å². The summed E-state index contributed by atoms with van der Waals surface area (Å²) in [6, 6.07) is 8.11. The Labute approximate surface area is 137 Å². The molecule has 1 fully saturated rings. The van der Waals surface area contributed by atoms with E-state index in [4.69, 9.17) is 4.74 Å². The number of hydrogen-bond donors (Lipinski definition) is 1. The lowest BCUT2D eigenvalue weighted by Gasteiger charge is -2.34. The third-order valence-corrected chi connectivity index (χ3v) is 4.41. The highest BCUT2D eigenvalue weighted by Crippen LogP contribution is 2.33. The highest BCUT2D eigenvalue weighted by Gasteiger charge is 2.28. The molecule has 0 aromatic heterocycles. The van der Waals surface area contributed by atoms with E-state index < -0.39 is 0 Å². The highest BCUT2D eigenvalue weighted by molar-refractivity contribution is 5.96. The van der Waals surface area contributed by atoms with E-state index >= 15 is 0 Å². The lowest BCUT2D eigenvalue weighted by atomic mass is 9.89. The molecule has 1 saturated heterocycles. The van der Waals surface area contributed by atoms with Gasteiger partial charge in [0, 0.05) is 38.5 Å². The van der Waals surface area contributed by atoms with Gasteiger partial charge < -0.3 is 15.1 Å². The minimum Gasteiger partial charge on any atom is -0.496 e. The van der Waals surface area contributed by atoms with Crippen LogP contribution in [0.5, 0.6) is 5.75 Å². The van der Waals surface area contributed by atoms with Crippen molar-refractivity contribution in [3.63, 3.8) is 0 Å². The SMILES string of the molecule is COc1ccccc1C1CCCN(C(=O)C2=CN(C)NC=C2)C1. The fourth-order valence-electron chi connectivity index (χ4n) is 3.26. The first kappa shape index (κ1) is 15.5. The van der Waals surface area contributed by atoms with Crippen LogP contribution in [0.4, 0.5) is 0 Å². The fraction of sp³-hybridized carbons (Fsp3) is 0.389. The van der Waals surface area contributed by atoms with Crippen molar-refractivity contribution in [1.82, 2.24) is 15.3 Å². The summed E-state index contributed by atoms with van der Waals surface area (Å²) >= 11 is 0. The van der Waals surface area contributed by atoms with Crippen LogP contribution in [0.25, 0.3) is 0 Å². The molecule has 5 nitrogen and oxygen atoms in total. The largest absolute Gasteiger partial charge is 0.496 e. The third kappa shape index (κ3) is 3.33. The summed E-state index contributed by atoms with van der Waals surface area (Å²) in [6.45, 7) is 1.55. The van der Waals surface area contributed by atoms with Gasteiger partial charge in [0.2, 0.25) is 0 Å². The molecular formula is C18H23N3O2. The van der Waals surface area contributed by atoms with Gasteiger partial charge in [-0.15, -0.1) is 0 Å². The Morgan fingerprint density at radius 2 is 2.17 bits per heavy atom. The Bertz CT molecular complexity index is 639. The molecular weight excluding hydrogens is 290 g/mol. The molecule has 0 aliphatic carbocycles. The van der Waals surface area contributed by atoms with E-state index in [1.807, 2.05) is 42.4 Å². The first-order valence-electron chi connectivity index (χ1n) is 7.98. The molecule has 0 bridgehead atoms. The van der Waals surface area contributed by atoms with Crippen LogP contribution in [0.15, 0.2) is 48.3 Å². The average molecular weight is 313 g/mol. The highest BCUT2D eigenvalue weighted by atomic mass is 16.5. The Kier molecular flexibility index (Phi) is 4.55. The number of rotatable bonds is 3. The minimum absolute atomic E-state index is 0.0918. The molecule has 1 aromatic carbocycles. The number of carbonyl (C=O) groups is 1. The number of nitrogens with one attached hydrogen (secondary N) is 1. The fourth-order valence-corrected chi connectivity index (χ4v) is 3.26. The summed E-state index contributed by atoms with van der Waals surface area (Å²) < 4.78 is 5.48. The predicted molar refractivity (Wildman–Crippen MR) is 89.7 cm³/mol. The molecule has 3 rings (SSSR count). The van der Waals surface area contributed by atoms with Crippen LogP contribution in [0, 0.1) is 0 Å². The van der Waals surface area contributed by atoms with Crippen LogP contribution in [-0.4, -0.2) is 43.1 Å². The van der Waals surface area contributed by atoms with Crippen molar-refractivity contribution in [1.29, 1.82) is 0 Å². The van der Waals surface area contributed by atoms with Crippen LogP contribution < -0.4 is 10.2 Å². The van der Waals surface area contributed by atoms with Gasteiger partial charge in [0.1, 0.15) is 5.75 Å². The topological polar surface area (TPSA) is 44.8 Å². The lowest BCUT2D eigenvalue weighted by Crippen LogP contribution is -2.41. The molecule has 0 radical (unpaired) electrons. The van der Waals surface area contributed by atoms with Crippen LogP contribution in [0.1, 0.15) is 24.3 Å². The van der Waals surface area contributed by atoms with Gasteiger partial charge >= 0.3 is 0 Å². The maximum atomic E-state index is 12.8. The number of benzene rings is 1. The molecule has 1 amide bonds. The zero-order valence-electron chi connectivity index (χ0n) is 13.7. The number of carbonyl (C=O) groups excluding carboxylic acids is 1. The number of nitrogens with zero attached hydrogens (tertiary/aromatic N) is 2. The van der Waals surface area contributed by atoms with Crippen molar-refractivity contribution in [3.05, 3.63) is 53.9 Å². The number of likely N-dealkylation sites (tertiary alicyclic amines) is 1. The van der Waals surface area contributed by atoms with Gasteiger partial charge in [-0.05, 0) is 30.5 Å². The number of hydrazine groups is 1. The number of methoxy groups -OCH3 is 1. The summed E-state index contributed by atoms with van der Waals surface area (Å²) in [5, 5.41) is 1.79. The van der Waals surface area contributed by atoms with Crippen LogP contribution in [-0.2, 0) is 4.79 Å². The van der Waals surface area contributed by atoms with Crippen molar-refractivity contribution in [2.45, 2.75) is 18.8 Å². The number of ether oxygens (including phenoxy) is 1. The molecule has 122 valence electrons. The van der Waals surface area contributed by atoms with Gasteiger partial charge in [-0.25, -0.2) is 0 Å². The molecule has 1 aromatic rings. The van der Waals surface area contributed by atoms with Crippen molar-refractivity contribution >= 4 is 5.91 Å². The molecule has 2 aliphatic rings. The molecule has 1 atom stereocenters. The second-order valence-corrected chi connectivity index (χ2v) is 5.99. The lowest BCUT2D eigenvalue weighted by molar-refractivity contribution is -0.128. The van der Waals surface area contributed by atoms with Crippen molar-refractivity contribution in [2.24, 2.45) is 0 Å². The minimum atomic E-state index is 0.0918. The van der Waals surface area contributed by atoms with Gasteiger partial charge in [0.05, 0.1) is 12.7 Å². The molecule has 5 heteroatoms. The third-order valence-electron chi connectivity index (χ3n) is 4.41. The quantitative estimate of drug-likeness (QED) is 0.929. The summed E-state index contributed by atoms with van der Waals surface area (Å²) in [5.41, 5.74) is 4.92. The smallest absolute Gasteiger partial charge is 0.255 e. The van der Waals surface area contributed by atoms with Crippen molar-refractivity contribution in [3.8, 4) is 5.75 Å². The predicted octanol–water partition coefficient (Wildman–Crippen LogP) is 2.25. The number of hydrogen-bond acceptors (Lipinski definition) is 4. The van der Waals surface area contributed by atoms with E-state index in [0.717, 1.165) is 31.7 Å². The maximum Gasteiger partial charge on any atom is 0.255 e. The van der Waals surface area contributed by atoms with E-state index in [9.17, 15) is 4.79 Å². The maximum absolute atomic E-state index is 12.8. The Morgan fingerprint density at radius 1 is 1.35 bits per heavy atom. The Hall–Kier alpha value is -2.43. The number of para-hydroxylation sites is 1. The molecule has 23 heavy (non-hydrogen) atoms. The van der Waals surface area contributed by atoms with Crippen molar-refractivity contribution in [2.75, 3.05) is 27.2 Å². The van der Waals surface area contributed by atoms with Crippen LogP contribution in [0.2, 0.25) is 0 Å². The molecule has 0 spiro atoms. The Morgan fingerprint density at radius 3 is 2.96 bits per heavy atom. The molecule has 2 heterocycles. The zero-order valence-corrected chi connectivity index (χ0v) is 13.7. The molecule has 1 unspecified atom stereocenters. The average Bonchev–Trinajstić information content (AvgIpc) is 2.61. The standard InChI is InChI=1S/C18H23N3O2/c1-20-12-15(9-10-19-20)18(22)21-11-5-6-14(13-21)16-7-3-4-8-17(16)23-2/h3-4,7-10,12,14,19H,5-6,11,13H2,1-2H3. The van der Waals surface area contributed by atoms with Gasteiger partial charge in [-0.2, -0.15) is 0 Å². The first-order chi connectivity index (χ1) is 11.2. The van der Waals surface area contributed by atoms with Gasteiger partial charge in [0.15, 0.2) is 0 Å². The monoisotopic (exact) mass is 313 g/mol. The van der Waals surface area contributed by atoms with E-state index in [1.165, 1.54) is 5.56 Å². The normalized spacial score (nSPS) is 20.8. The number of piperidine rings is 1. The second-order valence-electron chi connectivity index (χ2n) is 5.99. The van der Waals surface area contributed by atoms with Gasteiger partial charge in [-0.3, -0.25) is 9.80 Å². The van der Waals surface area contributed by atoms with Crippen LogP contribution >= 0.6 is 0 Å². The van der Waals surface area contributed by atoms with Gasteiger partial charge in [-0.1, -0.05) is 18.2 Å². The second kappa shape index (κ2) is 6.77. The summed E-state index contributed by atoms with van der Waals surface area (Å²) in [4.78, 5) is 14.7.